The lowest BCUT2D eigenvalue weighted by molar-refractivity contribution is -0.122. The zero-order valence-corrected chi connectivity index (χ0v) is 9.07. The van der Waals surface area contributed by atoms with Gasteiger partial charge in [0.05, 0.1) is 5.92 Å². The molecule has 0 aromatic heterocycles. The largest absolute Gasteiger partial charge is 0.353 e. The highest BCUT2D eigenvalue weighted by atomic mass is 16.2. The van der Waals surface area contributed by atoms with Crippen LogP contribution in [0.2, 0.25) is 0 Å². The molecule has 0 heterocycles. The smallest absolute Gasteiger partial charge is 0.227 e. The first-order valence-electron chi connectivity index (χ1n) is 5.66. The Kier molecular flexibility index (Phi) is 3.05. The molecule has 1 aliphatic rings. The number of carbonyl (C=O) groups is 1. The number of nitrogens with one attached hydrogen (secondary N) is 1. The molecule has 0 spiro atoms. The minimum atomic E-state index is 0.0202. The molecule has 2 heteroatoms. The second kappa shape index (κ2) is 4.47. The molecule has 0 saturated heterocycles. The molecule has 1 amide bonds. The van der Waals surface area contributed by atoms with E-state index in [1.54, 1.807) is 0 Å². The zero-order chi connectivity index (χ0) is 10.7. The van der Waals surface area contributed by atoms with E-state index in [0.29, 0.717) is 6.04 Å². The molecule has 80 valence electrons. The third-order valence-electron chi connectivity index (χ3n) is 2.85. The second-order valence-corrected chi connectivity index (χ2v) is 4.15. The van der Waals surface area contributed by atoms with E-state index in [0.717, 1.165) is 24.8 Å². The summed E-state index contributed by atoms with van der Waals surface area (Å²) in [6, 6.07) is 10.5. The Labute approximate surface area is 90.7 Å². The van der Waals surface area contributed by atoms with Crippen molar-refractivity contribution >= 4 is 5.91 Å². The molecule has 1 fully saturated rings. The summed E-state index contributed by atoms with van der Waals surface area (Å²) < 4.78 is 0. The lowest BCUT2D eigenvalue weighted by Gasteiger charge is -2.14. The highest BCUT2D eigenvalue weighted by molar-refractivity contribution is 5.84. The van der Waals surface area contributed by atoms with Crippen molar-refractivity contribution in [1.29, 1.82) is 0 Å². The number of rotatable bonds is 4. The van der Waals surface area contributed by atoms with Crippen LogP contribution in [0.15, 0.2) is 30.3 Å². The van der Waals surface area contributed by atoms with Gasteiger partial charge in [-0.2, -0.15) is 0 Å². The van der Waals surface area contributed by atoms with Gasteiger partial charge in [-0.15, -0.1) is 0 Å². The van der Waals surface area contributed by atoms with Gasteiger partial charge in [0.2, 0.25) is 5.91 Å². The molecule has 2 nitrogen and oxygen atoms in total. The van der Waals surface area contributed by atoms with Gasteiger partial charge in [0.25, 0.3) is 0 Å². The Balaban J connectivity index is 2.05. The Bertz CT molecular complexity index is 330. The van der Waals surface area contributed by atoms with E-state index < -0.39 is 0 Å². The van der Waals surface area contributed by atoms with Crippen LogP contribution >= 0.6 is 0 Å². The fraction of sp³-hybridized carbons (Fsp3) is 0.462. The van der Waals surface area contributed by atoms with Crippen molar-refractivity contribution in [1.82, 2.24) is 5.32 Å². The van der Waals surface area contributed by atoms with Crippen molar-refractivity contribution < 1.29 is 4.79 Å². The predicted octanol–water partition coefficient (Wildman–Crippen LogP) is 2.46. The van der Waals surface area contributed by atoms with E-state index in [9.17, 15) is 4.79 Å². The van der Waals surface area contributed by atoms with Crippen LogP contribution in [-0.4, -0.2) is 11.9 Å². The molecule has 1 saturated carbocycles. The summed E-state index contributed by atoms with van der Waals surface area (Å²) in [6.45, 7) is 2.06. The number of amides is 1. The summed E-state index contributed by atoms with van der Waals surface area (Å²) in [5, 5.41) is 3.06. The monoisotopic (exact) mass is 203 g/mol. The van der Waals surface area contributed by atoms with Gasteiger partial charge in [0, 0.05) is 6.04 Å². The van der Waals surface area contributed by atoms with Crippen LogP contribution in [-0.2, 0) is 4.79 Å². The zero-order valence-electron chi connectivity index (χ0n) is 9.07. The molecule has 15 heavy (non-hydrogen) atoms. The van der Waals surface area contributed by atoms with Gasteiger partial charge >= 0.3 is 0 Å². The van der Waals surface area contributed by atoms with Gasteiger partial charge in [-0.25, -0.2) is 0 Å². The number of benzene rings is 1. The van der Waals surface area contributed by atoms with Crippen LogP contribution in [0, 0.1) is 0 Å². The van der Waals surface area contributed by atoms with Gasteiger partial charge in [0.15, 0.2) is 0 Å². The maximum Gasteiger partial charge on any atom is 0.227 e. The Hall–Kier alpha value is -1.31. The molecule has 0 unspecified atom stereocenters. The summed E-state index contributed by atoms with van der Waals surface area (Å²) >= 11 is 0. The van der Waals surface area contributed by atoms with Gasteiger partial charge in [-0.3, -0.25) is 4.79 Å². The normalized spacial score (nSPS) is 17.1. The van der Waals surface area contributed by atoms with Crippen LogP contribution in [0.3, 0.4) is 0 Å². The average molecular weight is 203 g/mol. The van der Waals surface area contributed by atoms with E-state index in [2.05, 4.69) is 12.2 Å². The molecule has 1 aliphatic carbocycles. The molecule has 1 aromatic carbocycles. The first-order chi connectivity index (χ1) is 7.31. The second-order valence-electron chi connectivity index (χ2n) is 4.15. The van der Waals surface area contributed by atoms with E-state index in [1.165, 1.54) is 0 Å². The molecule has 0 aliphatic heterocycles. The standard InChI is InChI=1S/C13H17NO/c1-2-12(10-6-4-3-5-7-10)13(15)14-11-8-9-11/h3-7,11-12H,2,8-9H2,1H3,(H,14,15)/t12-/m0/s1. The summed E-state index contributed by atoms with van der Waals surface area (Å²) in [4.78, 5) is 11.9. The predicted molar refractivity (Wildman–Crippen MR) is 60.6 cm³/mol. The fourth-order valence-electron chi connectivity index (χ4n) is 1.79. The molecular formula is C13H17NO. The Morgan fingerprint density at radius 3 is 2.60 bits per heavy atom. The van der Waals surface area contributed by atoms with Crippen molar-refractivity contribution in [3.05, 3.63) is 35.9 Å². The molecule has 1 N–H and O–H groups in total. The topological polar surface area (TPSA) is 29.1 Å². The summed E-state index contributed by atoms with van der Waals surface area (Å²) in [5.41, 5.74) is 1.12. The average Bonchev–Trinajstić information content (AvgIpc) is 3.04. The van der Waals surface area contributed by atoms with Crippen molar-refractivity contribution in [2.24, 2.45) is 0 Å². The van der Waals surface area contributed by atoms with Gasteiger partial charge in [-0.05, 0) is 24.8 Å². The number of carbonyl (C=O) groups excluding carboxylic acids is 1. The molecule has 2 rings (SSSR count). The summed E-state index contributed by atoms with van der Waals surface area (Å²) in [7, 11) is 0. The van der Waals surface area contributed by atoms with Gasteiger partial charge in [0.1, 0.15) is 0 Å². The molecular weight excluding hydrogens is 186 g/mol. The minimum Gasteiger partial charge on any atom is -0.353 e. The lowest BCUT2D eigenvalue weighted by Crippen LogP contribution is -2.30. The molecule has 1 aromatic rings. The van der Waals surface area contributed by atoms with Crippen molar-refractivity contribution in [3.8, 4) is 0 Å². The van der Waals surface area contributed by atoms with Crippen molar-refractivity contribution in [2.45, 2.75) is 38.1 Å². The van der Waals surface area contributed by atoms with Crippen LogP contribution in [0.1, 0.15) is 37.7 Å². The number of hydrogen-bond acceptors (Lipinski definition) is 1. The molecule has 1 atom stereocenters. The maximum atomic E-state index is 11.9. The Morgan fingerprint density at radius 1 is 1.40 bits per heavy atom. The van der Waals surface area contributed by atoms with Crippen LogP contribution in [0.5, 0.6) is 0 Å². The summed E-state index contributed by atoms with van der Waals surface area (Å²) in [5.74, 6) is 0.206. The van der Waals surface area contributed by atoms with E-state index in [4.69, 9.17) is 0 Å². The van der Waals surface area contributed by atoms with Gasteiger partial charge < -0.3 is 5.32 Å². The van der Waals surface area contributed by atoms with Gasteiger partial charge in [-0.1, -0.05) is 37.3 Å². The summed E-state index contributed by atoms with van der Waals surface area (Å²) in [6.07, 6.45) is 3.16. The van der Waals surface area contributed by atoms with Crippen LogP contribution < -0.4 is 5.32 Å². The third kappa shape index (κ3) is 2.58. The third-order valence-corrected chi connectivity index (χ3v) is 2.85. The molecule has 0 bridgehead atoms. The van der Waals surface area contributed by atoms with E-state index >= 15 is 0 Å². The first kappa shape index (κ1) is 10.2. The van der Waals surface area contributed by atoms with E-state index in [-0.39, 0.29) is 11.8 Å². The highest BCUT2D eigenvalue weighted by Gasteiger charge is 2.27. The number of hydrogen-bond donors (Lipinski definition) is 1. The van der Waals surface area contributed by atoms with E-state index in [1.807, 2.05) is 30.3 Å². The SMILES string of the molecule is CC[C@H](C(=O)NC1CC1)c1ccccc1. The quantitative estimate of drug-likeness (QED) is 0.800. The Morgan fingerprint density at radius 2 is 2.07 bits per heavy atom. The van der Waals surface area contributed by atoms with Crippen molar-refractivity contribution in [2.75, 3.05) is 0 Å². The minimum absolute atomic E-state index is 0.0202. The van der Waals surface area contributed by atoms with Crippen molar-refractivity contribution in [3.63, 3.8) is 0 Å². The highest BCUT2D eigenvalue weighted by Crippen LogP contribution is 2.23. The lowest BCUT2D eigenvalue weighted by atomic mass is 9.96. The maximum absolute atomic E-state index is 11.9. The fourth-order valence-corrected chi connectivity index (χ4v) is 1.79. The van der Waals surface area contributed by atoms with Crippen LogP contribution in [0.4, 0.5) is 0 Å². The first-order valence-corrected chi connectivity index (χ1v) is 5.66. The molecule has 0 radical (unpaired) electrons. The van der Waals surface area contributed by atoms with Crippen LogP contribution in [0.25, 0.3) is 0 Å².